The molecular weight excluding hydrogens is 250 g/mol. The summed E-state index contributed by atoms with van der Waals surface area (Å²) in [6, 6.07) is 5.94. The van der Waals surface area contributed by atoms with Gasteiger partial charge in [0.25, 0.3) is 0 Å². The predicted molar refractivity (Wildman–Crippen MR) is 75.2 cm³/mol. The van der Waals surface area contributed by atoms with Gasteiger partial charge in [0, 0.05) is 12.6 Å². The van der Waals surface area contributed by atoms with Crippen molar-refractivity contribution in [1.82, 2.24) is 5.32 Å². The number of nitrogens with one attached hydrogen (secondary N) is 1. The molecule has 102 valence electrons. The van der Waals surface area contributed by atoms with Crippen LogP contribution in [0.2, 0.25) is 5.02 Å². The summed E-state index contributed by atoms with van der Waals surface area (Å²) < 4.78 is 5.52. The molecule has 2 N–H and O–H groups in total. The molecule has 0 unspecified atom stereocenters. The number of hydrogen-bond donors (Lipinski definition) is 2. The maximum Gasteiger partial charge on any atom is 0.137 e. The van der Waals surface area contributed by atoms with Crippen LogP contribution in [-0.2, 0) is 6.54 Å². The summed E-state index contributed by atoms with van der Waals surface area (Å²) in [4.78, 5) is 0. The Hall–Kier alpha value is -0.770. The summed E-state index contributed by atoms with van der Waals surface area (Å²) >= 11 is 6.15. The van der Waals surface area contributed by atoms with Crippen molar-refractivity contribution in [2.75, 3.05) is 13.2 Å². The van der Waals surface area contributed by atoms with Crippen molar-refractivity contribution >= 4 is 11.6 Å². The lowest BCUT2D eigenvalue weighted by Gasteiger charge is -2.14. The van der Waals surface area contributed by atoms with E-state index in [9.17, 15) is 0 Å². The molecule has 0 spiro atoms. The Kier molecular flexibility index (Phi) is 7.09. The van der Waals surface area contributed by atoms with Crippen LogP contribution in [0.5, 0.6) is 5.75 Å². The van der Waals surface area contributed by atoms with E-state index in [2.05, 4.69) is 12.2 Å². The van der Waals surface area contributed by atoms with Gasteiger partial charge in [0.2, 0.25) is 0 Å². The van der Waals surface area contributed by atoms with Gasteiger partial charge in [0.05, 0.1) is 18.2 Å². The average Bonchev–Trinajstić information content (AvgIpc) is 2.39. The second kappa shape index (κ2) is 8.35. The SMILES string of the molecule is CCCOc1ccc(CN[C@H](CC)CO)cc1Cl. The van der Waals surface area contributed by atoms with Gasteiger partial charge in [-0.05, 0) is 30.5 Å². The Bertz CT molecular complexity index is 354. The van der Waals surface area contributed by atoms with Gasteiger partial charge in [-0.25, -0.2) is 0 Å². The van der Waals surface area contributed by atoms with Crippen LogP contribution in [0.1, 0.15) is 32.3 Å². The second-order valence-electron chi connectivity index (χ2n) is 4.28. The molecule has 0 aliphatic heterocycles. The van der Waals surface area contributed by atoms with E-state index in [0.717, 1.165) is 24.2 Å². The van der Waals surface area contributed by atoms with Crippen molar-refractivity contribution < 1.29 is 9.84 Å². The molecule has 18 heavy (non-hydrogen) atoms. The summed E-state index contributed by atoms with van der Waals surface area (Å²) in [6.45, 7) is 5.64. The summed E-state index contributed by atoms with van der Waals surface area (Å²) in [5.41, 5.74) is 1.09. The Morgan fingerprint density at radius 2 is 2.17 bits per heavy atom. The maximum absolute atomic E-state index is 9.09. The number of aliphatic hydroxyl groups excluding tert-OH is 1. The zero-order chi connectivity index (χ0) is 13.4. The third-order valence-electron chi connectivity index (χ3n) is 2.77. The van der Waals surface area contributed by atoms with Crippen LogP contribution in [-0.4, -0.2) is 24.4 Å². The fourth-order valence-corrected chi connectivity index (χ4v) is 1.84. The van der Waals surface area contributed by atoms with Crippen molar-refractivity contribution in [3.63, 3.8) is 0 Å². The molecule has 0 aromatic heterocycles. The molecule has 0 aliphatic carbocycles. The van der Waals surface area contributed by atoms with Gasteiger partial charge < -0.3 is 15.2 Å². The van der Waals surface area contributed by atoms with Gasteiger partial charge in [-0.1, -0.05) is 31.5 Å². The highest BCUT2D eigenvalue weighted by Gasteiger charge is 2.06. The fourth-order valence-electron chi connectivity index (χ4n) is 1.58. The van der Waals surface area contributed by atoms with Crippen molar-refractivity contribution in [3.05, 3.63) is 28.8 Å². The molecule has 1 rings (SSSR count). The van der Waals surface area contributed by atoms with Gasteiger partial charge in [0.1, 0.15) is 5.75 Å². The smallest absolute Gasteiger partial charge is 0.137 e. The molecule has 0 fully saturated rings. The van der Waals surface area contributed by atoms with Crippen molar-refractivity contribution in [1.29, 1.82) is 0 Å². The zero-order valence-electron chi connectivity index (χ0n) is 11.1. The standard InChI is InChI=1S/C14H22ClNO2/c1-3-7-18-14-6-5-11(8-13(14)15)9-16-12(4-2)10-17/h5-6,8,12,16-17H,3-4,7,9-10H2,1-2H3/t12-/m1/s1. The van der Waals surface area contributed by atoms with Gasteiger partial charge in [-0.2, -0.15) is 0 Å². The Balaban J connectivity index is 2.55. The highest BCUT2D eigenvalue weighted by Crippen LogP contribution is 2.25. The quantitative estimate of drug-likeness (QED) is 0.764. The predicted octanol–water partition coefficient (Wildman–Crippen LogP) is 2.99. The van der Waals surface area contributed by atoms with Gasteiger partial charge in [-0.3, -0.25) is 0 Å². The van der Waals surface area contributed by atoms with Crippen molar-refractivity contribution in [3.8, 4) is 5.75 Å². The Morgan fingerprint density at radius 3 is 2.72 bits per heavy atom. The van der Waals surface area contributed by atoms with Crippen LogP contribution < -0.4 is 10.1 Å². The van der Waals surface area contributed by atoms with Crippen molar-refractivity contribution in [2.45, 2.75) is 39.3 Å². The number of aliphatic hydroxyl groups is 1. The summed E-state index contributed by atoms with van der Waals surface area (Å²) in [7, 11) is 0. The van der Waals surface area contributed by atoms with E-state index in [1.165, 1.54) is 0 Å². The minimum atomic E-state index is 0.139. The third-order valence-corrected chi connectivity index (χ3v) is 3.06. The Morgan fingerprint density at radius 1 is 1.39 bits per heavy atom. The van der Waals surface area contributed by atoms with E-state index < -0.39 is 0 Å². The largest absolute Gasteiger partial charge is 0.492 e. The molecule has 3 nitrogen and oxygen atoms in total. The number of halogens is 1. The minimum absolute atomic E-state index is 0.139. The first-order valence-corrected chi connectivity index (χ1v) is 6.84. The molecule has 0 saturated heterocycles. The van der Waals surface area contributed by atoms with Gasteiger partial charge in [-0.15, -0.1) is 0 Å². The van der Waals surface area contributed by atoms with Gasteiger partial charge >= 0.3 is 0 Å². The molecule has 0 radical (unpaired) electrons. The molecule has 0 heterocycles. The number of hydrogen-bond acceptors (Lipinski definition) is 3. The van der Waals surface area contributed by atoms with E-state index in [1.54, 1.807) is 0 Å². The topological polar surface area (TPSA) is 41.5 Å². The molecule has 0 saturated carbocycles. The normalized spacial score (nSPS) is 12.4. The highest BCUT2D eigenvalue weighted by atomic mass is 35.5. The maximum atomic E-state index is 9.09. The Labute approximate surface area is 114 Å². The van der Waals surface area contributed by atoms with Crippen LogP contribution in [0.25, 0.3) is 0 Å². The summed E-state index contributed by atoms with van der Waals surface area (Å²) in [6.07, 6.45) is 1.87. The van der Waals surface area contributed by atoms with Gasteiger partial charge in [0.15, 0.2) is 0 Å². The molecular formula is C14H22ClNO2. The second-order valence-corrected chi connectivity index (χ2v) is 4.69. The van der Waals surface area contributed by atoms with Crippen molar-refractivity contribution in [2.24, 2.45) is 0 Å². The molecule has 0 bridgehead atoms. The highest BCUT2D eigenvalue weighted by molar-refractivity contribution is 6.32. The first-order valence-electron chi connectivity index (χ1n) is 6.46. The molecule has 0 aliphatic rings. The van der Waals surface area contributed by atoms with Crippen LogP contribution in [0.3, 0.4) is 0 Å². The molecule has 1 aromatic rings. The minimum Gasteiger partial charge on any atom is -0.492 e. The van der Waals surface area contributed by atoms with Crippen LogP contribution in [0.15, 0.2) is 18.2 Å². The monoisotopic (exact) mass is 271 g/mol. The van der Waals surface area contributed by atoms with Crippen LogP contribution >= 0.6 is 11.6 Å². The number of ether oxygens (including phenoxy) is 1. The first kappa shape index (κ1) is 15.3. The van der Waals surface area contributed by atoms with Crippen LogP contribution in [0, 0.1) is 0 Å². The summed E-state index contributed by atoms with van der Waals surface area (Å²) in [5, 5.41) is 13.0. The summed E-state index contributed by atoms with van der Waals surface area (Å²) in [5.74, 6) is 0.733. The lowest BCUT2D eigenvalue weighted by atomic mass is 10.2. The average molecular weight is 272 g/mol. The lowest BCUT2D eigenvalue weighted by molar-refractivity contribution is 0.238. The van der Waals surface area contributed by atoms with E-state index in [0.29, 0.717) is 18.2 Å². The molecule has 4 heteroatoms. The molecule has 1 aromatic carbocycles. The number of benzene rings is 1. The fraction of sp³-hybridized carbons (Fsp3) is 0.571. The third kappa shape index (κ3) is 4.84. The van der Waals surface area contributed by atoms with Crippen LogP contribution in [0.4, 0.5) is 0 Å². The van der Waals surface area contributed by atoms with E-state index >= 15 is 0 Å². The van der Waals surface area contributed by atoms with E-state index in [4.69, 9.17) is 21.4 Å². The zero-order valence-corrected chi connectivity index (χ0v) is 11.8. The number of rotatable bonds is 8. The first-order chi connectivity index (χ1) is 8.71. The molecule has 1 atom stereocenters. The van der Waals surface area contributed by atoms with E-state index in [1.807, 2.05) is 25.1 Å². The van der Waals surface area contributed by atoms with E-state index in [-0.39, 0.29) is 12.6 Å². The molecule has 0 amide bonds. The lowest BCUT2D eigenvalue weighted by Crippen LogP contribution is -2.31.